The molecule has 0 unspecified atom stereocenters. The first kappa shape index (κ1) is 18.1. The lowest BCUT2D eigenvalue weighted by atomic mass is 10.1. The first-order valence-corrected chi connectivity index (χ1v) is 9.40. The number of thiophene rings is 1. The fraction of sp³-hybridized carbons (Fsp3) is 0.143. The third-order valence-corrected chi connectivity index (χ3v) is 5.54. The van der Waals surface area contributed by atoms with Crippen LogP contribution in [0.4, 0.5) is 0 Å². The molecule has 1 aromatic carbocycles. The molecule has 7 heteroatoms. The van der Waals surface area contributed by atoms with E-state index in [0.29, 0.717) is 32.6 Å². The van der Waals surface area contributed by atoms with E-state index >= 15 is 0 Å². The largest absolute Gasteiger partial charge is 0.461 e. The topological polar surface area (TPSA) is 82.3 Å². The van der Waals surface area contributed by atoms with E-state index in [1.54, 1.807) is 42.7 Å². The van der Waals surface area contributed by atoms with E-state index in [-0.39, 0.29) is 5.78 Å². The molecule has 0 saturated carbocycles. The standard InChI is InChI=1S/C21H16N2O4S/c1-11-17-12(2)22-19(16-5-4-10-26-16)23-20(17)28-18(11)21(25)27-15-8-6-14(7-9-15)13(3)24/h4-10H,1-3H3. The summed E-state index contributed by atoms with van der Waals surface area (Å²) < 4.78 is 10.9. The van der Waals surface area contributed by atoms with E-state index in [9.17, 15) is 9.59 Å². The summed E-state index contributed by atoms with van der Waals surface area (Å²) in [4.78, 5) is 34.3. The van der Waals surface area contributed by atoms with Crippen LogP contribution in [0.5, 0.6) is 5.75 Å². The molecule has 0 spiro atoms. The molecule has 0 radical (unpaired) electrons. The molecule has 0 saturated heterocycles. The van der Waals surface area contributed by atoms with E-state index in [1.165, 1.54) is 18.3 Å². The summed E-state index contributed by atoms with van der Waals surface area (Å²) in [6.07, 6.45) is 1.57. The first-order valence-electron chi connectivity index (χ1n) is 8.59. The number of rotatable bonds is 4. The number of hydrogen-bond acceptors (Lipinski definition) is 7. The molecule has 4 rings (SSSR count). The molecule has 0 N–H and O–H groups in total. The van der Waals surface area contributed by atoms with Crippen LogP contribution in [0.25, 0.3) is 21.8 Å². The number of fused-ring (bicyclic) bond motifs is 1. The van der Waals surface area contributed by atoms with Crippen LogP contribution >= 0.6 is 11.3 Å². The molecule has 0 aliphatic heterocycles. The third kappa shape index (κ3) is 3.20. The number of carbonyl (C=O) groups is 2. The normalized spacial score (nSPS) is 11.0. The Morgan fingerprint density at radius 2 is 1.82 bits per heavy atom. The van der Waals surface area contributed by atoms with Crippen LogP contribution in [0, 0.1) is 13.8 Å². The van der Waals surface area contributed by atoms with Gasteiger partial charge in [-0.05, 0) is 62.7 Å². The summed E-state index contributed by atoms with van der Waals surface area (Å²) in [7, 11) is 0. The fourth-order valence-corrected chi connectivity index (χ4v) is 4.07. The molecular weight excluding hydrogens is 376 g/mol. The summed E-state index contributed by atoms with van der Waals surface area (Å²) >= 11 is 1.26. The molecule has 0 fully saturated rings. The van der Waals surface area contributed by atoms with Gasteiger partial charge in [0.2, 0.25) is 0 Å². The number of ether oxygens (including phenoxy) is 1. The zero-order chi connectivity index (χ0) is 19.8. The van der Waals surface area contributed by atoms with Crippen molar-refractivity contribution in [3.8, 4) is 17.3 Å². The first-order chi connectivity index (χ1) is 13.4. The van der Waals surface area contributed by atoms with Crippen molar-refractivity contribution in [2.24, 2.45) is 0 Å². The Bertz CT molecular complexity index is 1190. The highest BCUT2D eigenvalue weighted by Crippen LogP contribution is 2.33. The monoisotopic (exact) mass is 392 g/mol. The molecule has 28 heavy (non-hydrogen) atoms. The van der Waals surface area contributed by atoms with Crippen LogP contribution in [-0.4, -0.2) is 21.7 Å². The lowest BCUT2D eigenvalue weighted by Gasteiger charge is -2.04. The minimum absolute atomic E-state index is 0.0420. The SMILES string of the molecule is CC(=O)c1ccc(OC(=O)c2sc3nc(-c4ccco4)nc(C)c3c2C)cc1. The molecule has 0 aliphatic carbocycles. The fourth-order valence-electron chi connectivity index (χ4n) is 2.96. The van der Waals surface area contributed by atoms with Crippen molar-refractivity contribution >= 4 is 33.3 Å². The molecule has 0 atom stereocenters. The Kier molecular flexibility index (Phi) is 4.52. The van der Waals surface area contributed by atoms with E-state index in [1.807, 2.05) is 13.8 Å². The van der Waals surface area contributed by atoms with Crippen LogP contribution in [0.15, 0.2) is 47.1 Å². The quantitative estimate of drug-likeness (QED) is 0.276. The molecule has 3 heterocycles. The van der Waals surface area contributed by atoms with Crippen molar-refractivity contribution in [1.82, 2.24) is 9.97 Å². The van der Waals surface area contributed by atoms with Crippen LogP contribution in [-0.2, 0) is 0 Å². The van der Waals surface area contributed by atoms with E-state index in [4.69, 9.17) is 9.15 Å². The number of Topliss-reactive ketones (excluding diaryl/α,β-unsaturated/α-hetero) is 1. The second-order valence-electron chi connectivity index (χ2n) is 6.32. The molecule has 140 valence electrons. The summed E-state index contributed by atoms with van der Waals surface area (Å²) in [5.74, 6) is 0.933. The number of aromatic nitrogens is 2. The number of esters is 1. The van der Waals surface area contributed by atoms with Gasteiger partial charge in [-0.2, -0.15) is 0 Å². The number of carbonyl (C=O) groups excluding carboxylic acids is 2. The Labute approximate surface area is 164 Å². The van der Waals surface area contributed by atoms with Gasteiger partial charge in [0, 0.05) is 10.9 Å². The maximum atomic E-state index is 12.7. The van der Waals surface area contributed by atoms with Crippen molar-refractivity contribution in [1.29, 1.82) is 0 Å². The van der Waals surface area contributed by atoms with Crippen molar-refractivity contribution in [3.05, 3.63) is 64.4 Å². The lowest BCUT2D eigenvalue weighted by molar-refractivity contribution is 0.0739. The average molecular weight is 392 g/mol. The highest BCUT2D eigenvalue weighted by molar-refractivity contribution is 7.20. The Morgan fingerprint density at radius 1 is 1.07 bits per heavy atom. The Morgan fingerprint density at radius 3 is 2.46 bits per heavy atom. The second-order valence-corrected chi connectivity index (χ2v) is 7.32. The number of nitrogens with zero attached hydrogens (tertiary/aromatic N) is 2. The second kappa shape index (κ2) is 7.01. The zero-order valence-electron chi connectivity index (χ0n) is 15.5. The van der Waals surface area contributed by atoms with Crippen molar-refractivity contribution in [2.45, 2.75) is 20.8 Å². The van der Waals surface area contributed by atoms with E-state index in [0.717, 1.165) is 16.6 Å². The number of aryl methyl sites for hydroxylation is 2. The predicted octanol–water partition coefficient (Wildman–Crippen LogP) is 4.99. The van der Waals surface area contributed by atoms with Gasteiger partial charge in [-0.15, -0.1) is 11.3 Å². The Balaban J connectivity index is 1.68. The van der Waals surface area contributed by atoms with Crippen LogP contribution in [0.1, 0.15) is 38.2 Å². The number of furan rings is 1. The zero-order valence-corrected chi connectivity index (χ0v) is 16.3. The van der Waals surface area contributed by atoms with Crippen molar-refractivity contribution in [3.63, 3.8) is 0 Å². The molecule has 0 amide bonds. The summed E-state index contributed by atoms with van der Waals surface area (Å²) in [6.45, 7) is 5.23. The van der Waals surface area contributed by atoms with E-state index < -0.39 is 5.97 Å². The number of benzene rings is 1. The highest BCUT2D eigenvalue weighted by Gasteiger charge is 2.21. The summed E-state index contributed by atoms with van der Waals surface area (Å²) in [5.41, 5.74) is 2.12. The molecule has 4 aromatic rings. The minimum Gasteiger partial charge on any atom is -0.461 e. The van der Waals surface area contributed by atoms with Crippen LogP contribution < -0.4 is 4.74 Å². The van der Waals surface area contributed by atoms with E-state index in [2.05, 4.69) is 9.97 Å². The maximum absolute atomic E-state index is 12.7. The van der Waals surface area contributed by atoms with Gasteiger partial charge in [0.15, 0.2) is 17.4 Å². The van der Waals surface area contributed by atoms with Gasteiger partial charge < -0.3 is 9.15 Å². The van der Waals surface area contributed by atoms with Gasteiger partial charge in [-0.1, -0.05) is 0 Å². The van der Waals surface area contributed by atoms with Crippen LogP contribution in [0.3, 0.4) is 0 Å². The smallest absolute Gasteiger partial charge is 0.354 e. The lowest BCUT2D eigenvalue weighted by Crippen LogP contribution is -2.08. The number of hydrogen-bond donors (Lipinski definition) is 0. The van der Waals surface area contributed by atoms with Gasteiger partial charge in [-0.25, -0.2) is 14.8 Å². The van der Waals surface area contributed by atoms with Crippen molar-refractivity contribution in [2.75, 3.05) is 0 Å². The van der Waals surface area contributed by atoms with Gasteiger partial charge >= 0.3 is 5.97 Å². The van der Waals surface area contributed by atoms with Gasteiger partial charge in [-0.3, -0.25) is 4.79 Å². The molecule has 0 aliphatic rings. The maximum Gasteiger partial charge on any atom is 0.354 e. The number of ketones is 1. The molecule has 6 nitrogen and oxygen atoms in total. The third-order valence-electron chi connectivity index (χ3n) is 4.37. The summed E-state index contributed by atoms with van der Waals surface area (Å²) in [6, 6.07) is 10.1. The van der Waals surface area contributed by atoms with Gasteiger partial charge in [0.25, 0.3) is 0 Å². The average Bonchev–Trinajstić information content (AvgIpc) is 3.30. The molecule has 3 aromatic heterocycles. The van der Waals surface area contributed by atoms with Gasteiger partial charge in [0.05, 0.1) is 12.0 Å². The van der Waals surface area contributed by atoms with Gasteiger partial charge in [0.1, 0.15) is 15.5 Å². The molecular formula is C21H16N2O4S. The highest BCUT2D eigenvalue weighted by atomic mass is 32.1. The minimum atomic E-state index is -0.463. The van der Waals surface area contributed by atoms with Crippen molar-refractivity contribution < 1.29 is 18.7 Å². The molecule has 0 bridgehead atoms. The van der Waals surface area contributed by atoms with Crippen LogP contribution in [0.2, 0.25) is 0 Å². The predicted molar refractivity (Wildman–Crippen MR) is 106 cm³/mol. The Hall–Kier alpha value is -3.32. The summed E-state index contributed by atoms with van der Waals surface area (Å²) in [5, 5.41) is 0.846.